The summed E-state index contributed by atoms with van der Waals surface area (Å²) < 4.78 is 0. The first-order valence-electron chi connectivity index (χ1n) is 6.64. The van der Waals surface area contributed by atoms with Crippen molar-refractivity contribution in [1.29, 1.82) is 0 Å². The zero-order valence-corrected chi connectivity index (χ0v) is 11.8. The van der Waals surface area contributed by atoms with Gasteiger partial charge in [-0.05, 0) is 36.8 Å². The van der Waals surface area contributed by atoms with Crippen molar-refractivity contribution in [2.45, 2.75) is 39.2 Å². The van der Waals surface area contributed by atoms with Gasteiger partial charge in [0.1, 0.15) is 4.99 Å². The molecule has 1 heterocycles. The van der Waals surface area contributed by atoms with Crippen LogP contribution in [0, 0.1) is 11.8 Å². The van der Waals surface area contributed by atoms with E-state index in [0.717, 1.165) is 17.5 Å². The van der Waals surface area contributed by atoms with Crippen molar-refractivity contribution >= 4 is 22.9 Å². The van der Waals surface area contributed by atoms with Gasteiger partial charge in [-0.2, -0.15) is 0 Å². The molecule has 18 heavy (non-hydrogen) atoms. The number of thiocarbonyl (C=S) groups is 1. The van der Waals surface area contributed by atoms with E-state index in [1.165, 1.54) is 19.3 Å². The maximum absolute atomic E-state index is 5.60. The normalized spacial score (nSPS) is 27.1. The van der Waals surface area contributed by atoms with Crippen molar-refractivity contribution in [3.8, 4) is 0 Å². The van der Waals surface area contributed by atoms with Gasteiger partial charge < -0.3 is 11.1 Å². The summed E-state index contributed by atoms with van der Waals surface area (Å²) in [5.41, 5.74) is 7.36. The second-order valence-electron chi connectivity index (χ2n) is 5.15. The molecular weight excluding hydrogens is 242 g/mol. The Kier molecular flexibility index (Phi) is 4.17. The van der Waals surface area contributed by atoms with Crippen LogP contribution in [0.2, 0.25) is 0 Å². The SMILES string of the molecule is CCC1CCC(Nc2ccnc(C(N)=S)c2)C1C. The smallest absolute Gasteiger partial charge is 0.122 e. The molecule has 1 aliphatic carbocycles. The van der Waals surface area contributed by atoms with Gasteiger partial charge in [0.25, 0.3) is 0 Å². The molecule has 1 aromatic rings. The zero-order valence-electron chi connectivity index (χ0n) is 11.0. The largest absolute Gasteiger partial charge is 0.388 e. The summed E-state index contributed by atoms with van der Waals surface area (Å²) in [6.45, 7) is 4.62. The van der Waals surface area contributed by atoms with E-state index in [0.29, 0.717) is 16.7 Å². The molecule has 3 nitrogen and oxygen atoms in total. The highest BCUT2D eigenvalue weighted by molar-refractivity contribution is 7.80. The average Bonchev–Trinajstić information content (AvgIpc) is 2.71. The molecule has 0 aliphatic heterocycles. The highest BCUT2D eigenvalue weighted by atomic mass is 32.1. The molecule has 0 amide bonds. The summed E-state index contributed by atoms with van der Waals surface area (Å²) in [5.74, 6) is 1.57. The van der Waals surface area contributed by atoms with Crippen LogP contribution in [0.4, 0.5) is 5.69 Å². The molecule has 98 valence electrons. The van der Waals surface area contributed by atoms with E-state index >= 15 is 0 Å². The van der Waals surface area contributed by atoms with Gasteiger partial charge >= 0.3 is 0 Å². The Morgan fingerprint density at radius 2 is 2.33 bits per heavy atom. The zero-order chi connectivity index (χ0) is 13.1. The van der Waals surface area contributed by atoms with Crippen molar-refractivity contribution in [3.63, 3.8) is 0 Å². The van der Waals surface area contributed by atoms with Gasteiger partial charge in [0.05, 0.1) is 5.69 Å². The summed E-state index contributed by atoms with van der Waals surface area (Å²) >= 11 is 4.95. The molecule has 2 rings (SSSR count). The van der Waals surface area contributed by atoms with Crippen LogP contribution in [0.3, 0.4) is 0 Å². The van der Waals surface area contributed by atoms with Crippen LogP contribution in [0.1, 0.15) is 38.8 Å². The van der Waals surface area contributed by atoms with Gasteiger partial charge in [-0.25, -0.2) is 0 Å². The number of rotatable bonds is 4. The van der Waals surface area contributed by atoms with E-state index in [2.05, 4.69) is 24.1 Å². The highest BCUT2D eigenvalue weighted by Crippen LogP contribution is 2.35. The minimum atomic E-state index is 0.351. The summed E-state index contributed by atoms with van der Waals surface area (Å²) in [5, 5.41) is 3.60. The number of nitrogens with two attached hydrogens (primary N) is 1. The fourth-order valence-corrected chi connectivity index (χ4v) is 3.01. The summed E-state index contributed by atoms with van der Waals surface area (Å²) in [7, 11) is 0. The third-order valence-corrected chi connectivity index (χ3v) is 4.32. The molecule has 3 atom stereocenters. The van der Waals surface area contributed by atoms with Crippen LogP contribution in [0.5, 0.6) is 0 Å². The van der Waals surface area contributed by atoms with Gasteiger partial charge in [0.2, 0.25) is 0 Å². The Labute approximate surface area is 114 Å². The van der Waals surface area contributed by atoms with Crippen LogP contribution >= 0.6 is 12.2 Å². The Bertz CT molecular complexity index is 433. The third kappa shape index (κ3) is 2.80. The van der Waals surface area contributed by atoms with E-state index in [1.54, 1.807) is 6.20 Å². The maximum Gasteiger partial charge on any atom is 0.122 e. The van der Waals surface area contributed by atoms with E-state index in [1.807, 2.05) is 12.1 Å². The minimum absolute atomic E-state index is 0.351. The van der Waals surface area contributed by atoms with E-state index in [-0.39, 0.29) is 0 Å². The molecule has 4 heteroatoms. The molecular formula is C14H21N3S. The molecule has 1 fully saturated rings. The van der Waals surface area contributed by atoms with Crippen LogP contribution in [-0.4, -0.2) is 16.0 Å². The van der Waals surface area contributed by atoms with Crippen LogP contribution in [0.25, 0.3) is 0 Å². The molecule has 0 radical (unpaired) electrons. The molecule has 0 aromatic carbocycles. The lowest BCUT2D eigenvalue weighted by Crippen LogP contribution is -2.25. The molecule has 1 saturated carbocycles. The standard InChI is InChI=1S/C14H21N3S/c1-3-10-4-5-12(9(10)2)17-11-6-7-16-13(8-11)14(15)18/h6-10,12H,3-5H2,1-2H3,(H2,15,18)(H,16,17). The second-order valence-corrected chi connectivity index (χ2v) is 5.59. The van der Waals surface area contributed by atoms with Crippen molar-refractivity contribution < 1.29 is 0 Å². The average molecular weight is 263 g/mol. The monoisotopic (exact) mass is 263 g/mol. The summed E-state index contributed by atoms with van der Waals surface area (Å²) in [6, 6.07) is 4.47. The quantitative estimate of drug-likeness (QED) is 0.820. The summed E-state index contributed by atoms with van der Waals surface area (Å²) in [6.07, 6.45) is 5.59. The third-order valence-electron chi connectivity index (χ3n) is 4.12. The number of anilines is 1. The van der Waals surface area contributed by atoms with Crippen LogP contribution in [0.15, 0.2) is 18.3 Å². The van der Waals surface area contributed by atoms with Gasteiger partial charge in [-0.1, -0.05) is 32.5 Å². The first-order chi connectivity index (χ1) is 8.61. The van der Waals surface area contributed by atoms with Crippen molar-refractivity contribution in [1.82, 2.24) is 4.98 Å². The van der Waals surface area contributed by atoms with Gasteiger partial charge in [0.15, 0.2) is 0 Å². The lowest BCUT2D eigenvalue weighted by atomic mass is 9.93. The Morgan fingerprint density at radius 1 is 1.56 bits per heavy atom. The molecule has 3 unspecified atom stereocenters. The Morgan fingerprint density at radius 3 is 2.94 bits per heavy atom. The van der Waals surface area contributed by atoms with E-state index in [4.69, 9.17) is 18.0 Å². The Balaban J connectivity index is 2.06. The molecule has 0 saturated heterocycles. The van der Waals surface area contributed by atoms with Gasteiger partial charge in [-0.3, -0.25) is 4.98 Å². The molecule has 1 aromatic heterocycles. The molecule has 1 aliphatic rings. The lowest BCUT2D eigenvalue weighted by molar-refractivity contribution is 0.392. The van der Waals surface area contributed by atoms with Crippen LogP contribution < -0.4 is 11.1 Å². The molecule has 0 spiro atoms. The fourth-order valence-electron chi connectivity index (χ4n) is 2.90. The maximum atomic E-state index is 5.60. The predicted octanol–water partition coefficient (Wildman–Crippen LogP) is 2.95. The fraction of sp³-hybridized carbons (Fsp3) is 0.571. The van der Waals surface area contributed by atoms with Gasteiger partial charge in [0, 0.05) is 17.9 Å². The minimum Gasteiger partial charge on any atom is -0.388 e. The number of hydrogen-bond acceptors (Lipinski definition) is 3. The van der Waals surface area contributed by atoms with Crippen LogP contribution in [-0.2, 0) is 0 Å². The second kappa shape index (κ2) is 5.65. The van der Waals surface area contributed by atoms with Crippen molar-refractivity contribution in [2.24, 2.45) is 17.6 Å². The lowest BCUT2D eigenvalue weighted by Gasteiger charge is -2.22. The van der Waals surface area contributed by atoms with Crippen molar-refractivity contribution in [3.05, 3.63) is 24.0 Å². The highest BCUT2D eigenvalue weighted by Gasteiger charge is 2.31. The predicted molar refractivity (Wildman–Crippen MR) is 79.7 cm³/mol. The first-order valence-corrected chi connectivity index (χ1v) is 7.05. The topological polar surface area (TPSA) is 50.9 Å². The van der Waals surface area contributed by atoms with Gasteiger partial charge in [-0.15, -0.1) is 0 Å². The number of nitrogens with one attached hydrogen (secondary N) is 1. The molecule has 3 N–H and O–H groups in total. The molecule has 0 bridgehead atoms. The first kappa shape index (κ1) is 13.3. The number of nitrogens with zero attached hydrogens (tertiary/aromatic N) is 1. The van der Waals surface area contributed by atoms with E-state index < -0.39 is 0 Å². The number of aromatic nitrogens is 1. The number of hydrogen-bond donors (Lipinski definition) is 2. The Hall–Kier alpha value is -1.16. The number of pyridine rings is 1. The van der Waals surface area contributed by atoms with Crippen molar-refractivity contribution in [2.75, 3.05) is 5.32 Å². The van der Waals surface area contributed by atoms with E-state index in [9.17, 15) is 0 Å². The summed E-state index contributed by atoms with van der Waals surface area (Å²) in [4.78, 5) is 4.51.